The molecule has 1 atom stereocenters. The standard InChI is InChI=1S/C6H13N3O3/c1-2-4(7)6(11)9-12-3-5(8)10/h4H,2-3,7H2,1H3,(H2,8,10)(H,9,11). The predicted molar refractivity (Wildman–Crippen MR) is 41.6 cm³/mol. The number of primary amides is 1. The van der Waals surface area contributed by atoms with Gasteiger partial charge in [0.15, 0.2) is 6.61 Å². The molecule has 0 radical (unpaired) electrons. The lowest BCUT2D eigenvalue weighted by atomic mass is 10.2. The van der Waals surface area contributed by atoms with Crippen molar-refractivity contribution in [2.24, 2.45) is 11.5 Å². The number of hydrogen-bond acceptors (Lipinski definition) is 4. The molecule has 0 aliphatic heterocycles. The minimum atomic E-state index is -0.652. The van der Waals surface area contributed by atoms with Crippen molar-refractivity contribution in [3.8, 4) is 0 Å². The van der Waals surface area contributed by atoms with Crippen LogP contribution in [-0.2, 0) is 14.4 Å². The van der Waals surface area contributed by atoms with Crippen LogP contribution < -0.4 is 16.9 Å². The highest BCUT2D eigenvalue weighted by molar-refractivity contribution is 5.80. The van der Waals surface area contributed by atoms with E-state index < -0.39 is 17.9 Å². The molecular formula is C6H13N3O3. The Bertz CT molecular complexity index is 171. The molecule has 5 N–H and O–H groups in total. The molecule has 12 heavy (non-hydrogen) atoms. The van der Waals surface area contributed by atoms with Crippen molar-refractivity contribution in [1.29, 1.82) is 0 Å². The molecule has 0 bridgehead atoms. The van der Waals surface area contributed by atoms with Gasteiger partial charge in [-0.2, -0.15) is 0 Å². The van der Waals surface area contributed by atoms with E-state index in [2.05, 4.69) is 4.84 Å². The van der Waals surface area contributed by atoms with E-state index in [1.54, 1.807) is 6.92 Å². The number of carbonyl (C=O) groups excluding carboxylic acids is 2. The zero-order valence-electron chi connectivity index (χ0n) is 6.87. The smallest absolute Gasteiger partial charge is 0.260 e. The Morgan fingerprint density at radius 3 is 2.58 bits per heavy atom. The van der Waals surface area contributed by atoms with Crippen molar-refractivity contribution < 1.29 is 14.4 Å². The first-order valence-electron chi connectivity index (χ1n) is 3.53. The molecule has 2 amide bonds. The van der Waals surface area contributed by atoms with Crippen LogP contribution in [0.4, 0.5) is 0 Å². The Labute approximate surface area is 70.2 Å². The molecule has 0 saturated heterocycles. The van der Waals surface area contributed by atoms with Crippen LogP contribution in [0.5, 0.6) is 0 Å². The molecule has 0 aliphatic rings. The molecule has 0 rings (SSSR count). The fourth-order valence-corrected chi connectivity index (χ4v) is 0.439. The summed E-state index contributed by atoms with van der Waals surface area (Å²) in [6.07, 6.45) is 0.506. The monoisotopic (exact) mass is 175 g/mol. The third-order valence-corrected chi connectivity index (χ3v) is 1.16. The minimum absolute atomic E-state index is 0.345. The lowest BCUT2D eigenvalue weighted by Gasteiger charge is -2.08. The topological polar surface area (TPSA) is 107 Å². The molecule has 0 heterocycles. The van der Waals surface area contributed by atoms with Gasteiger partial charge in [-0.05, 0) is 6.42 Å². The minimum Gasteiger partial charge on any atom is -0.368 e. The molecule has 70 valence electrons. The van der Waals surface area contributed by atoms with Gasteiger partial charge in [0.1, 0.15) is 0 Å². The second kappa shape index (κ2) is 5.50. The third-order valence-electron chi connectivity index (χ3n) is 1.16. The highest BCUT2D eigenvalue weighted by atomic mass is 16.7. The number of hydroxylamine groups is 1. The number of amides is 2. The van der Waals surface area contributed by atoms with E-state index >= 15 is 0 Å². The third kappa shape index (κ3) is 4.64. The first kappa shape index (κ1) is 10.9. The van der Waals surface area contributed by atoms with Crippen molar-refractivity contribution in [3.05, 3.63) is 0 Å². The van der Waals surface area contributed by atoms with Crippen LogP contribution in [-0.4, -0.2) is 24.5 Å². The maximum Gasteiger partial charge on any atom is 0.260 e. The Morgan fingerprint density at radius 1 is 1.58 bits per heavy atom. The van der Waals surface area contributed by atoms with Crippen LogP contribution in [0.25, 0.3) is 0 Å². The first-order chi connectivity index (χ1) is 5.57. The normalized spacial score (nSPS) is 12.2. The summed E-state index contributed by atoms with van der Waals surface area (Å²) in [4.78, 5) is 25.4. The van der Waals surface area contributed by atoms with Gasteiger partial charge in [0.05, 0.1) is 6.04 Å². The Kier molecular flexibility index (Phi) is 4.98. The van der Waals surface area contributed by atoms with Gasteiger partial charge < -0.3 is 11.5 Å². The van der Waals surface area contributed by atoms with Gasteiger partial charge in [0.2, 0.25) is 5.91 Å². The molecule has 0 aliphatic carbocycles. The molecule has 6 heteroatoms. The molecule has 0 fully saturated rings. The Hall–Kier alpha value is -1.14. The summed E-state index contributed by atoms with van der Waals surface area (Å²) < 4.78 is 0. The van der Waals surface area contributed by atoms with Crippen molar-refractivity contribution >= 4 is 11.8 Å². The van der Waals surface area contributed by atoms with Crippen molar-refractivity contribution in [1.82, 2.24) is 5.48 Å². The number of nitrogens with two attached hydrogens (primary N) is 2. The fourth-order valence-electron chi connectivity index (χ4n) is 0.439. The molecule has 0 aromatic heterocycles. The summed E-state index contributed by atoms with van der Waals surface area (Å²) in [6.45, 7) is 1.42. The summed E-state index contributed by atoms with van der Waals surface area (Å²) in [7, 11) is 0. The molecule has 0 aromatic rings. The van der Waals surface area contributed by atoms with E-state index in [0.717, 1.165) is 0 Å². The van der Waals surface area contributed by atoms with Crippen LogP contribution in [0.15, 0.2) is 0 Å². The average Bonchev–Trinajstić information content (AvgIpc) is 2.02. The second-order valence-electron chi connectivity index (χ2n) is 2.24. The summed E-state index contributed by atoms with van der Waals surface area (Å²) in [5.74, 6) is -1.11. The SMILES string of the molecule is CCC(N)C(=O)NOCC(N)=O. The molecule has 0 aromatic carbocycles. The molecule has 0 saturated carbocycles. The van der Waals surface area contributed by atoms with Crippen LogP contribution in [0.1, 0.15) is 13.3 Å². The lowest BCUT2D eigenvalue weighted by Crippen LogP contribution is -2.41. The number of nitrogens with one attached hydrogen (secondary N) is 1. The number of carbonyl (C=O) groups is 2. The fraction of sp³-hybridized carbons (Fsp3) is 0.667. The Balaban J connectivity index is 3.50. The summed E-state index contributed by atoms with van der Waals surface area (Å²) in [5.41, 5.74) is 12.1. The molecule has 6 nitrogen and oxygen atoms in total. The van der Waals surface area contributed by atoms with E-state index in [0.29, 0.717) is 6.42 Å². The molecular weight excluding hydrogens is 162 g/mol. The van der Waals surface area contributed by atoms with E-state index in [4.69, 9.17) is 11.5 Å². The van der Waals surface area contributed by atoms with Gasteiger partial charge in [-0.25, -0.2) is 5.48 Å². The van der Waals surface area contributed by atoms with Gasteiger partial charge in [0, 0.05) is 0 Å². The highest BCUT2D eigenvalue weighted by Crippen LogP contribution is 1.84. The Morgan fingerprint density at radius 2 is 2.17 bits per heavy atom. The largest absolute Gasteiger partial charge is 0.368 e. The van der Waals surface area contributed by atoms with Gasteiger partial charge in [-0.3, -0.25) is 14.4 Å². The van der Waals surface area contributed by atoms with E-state index in [-0.39, 0.29) is 6.61 Å². The van der Waals surface area contributed by atoms with Crippen LogP contribution in [0, 0.1) is 0 Å². The highest BCUT2D eigenvalue weighted by Gasteiger charge is 2.10. The predicted octanol–water partition coefficient (Wildman–Crippen LogP) is -1.74. The van der Waals surface area contributed by atoms with Crippen molar-refractivity contribution in [2.45, 2.75) is 19.4 Å². The summed E-state index contributed by atoms with van der Waals surface area (Å²) in [6, 6.07) is -0.613. The molecule has 1 unspecified atom stereocenters. The van der Waals surface area contributed by atoms with Gasteiger partial charge in [-0.15, -0.1) is 0 Å². The van der Waals surface area contributed by atoms with Gasteiger partial charge in [0.25, 0.3) is 5.91 Å². The van der Waals surface area contributed by atoms with E-state index in [1.807, 2.05) is 5.48 Å². The average molecular weight is 175 g/mol. The number of rotatable bonds is 5. The van der Waals surface area contributed by atoms with E-state index in [1.165, 1.54) is 0 Å². The van der Waals surface area contributed by atoms with Crippen molar-refractivity contribution in [3.63, 3.8) is 0 Å². The lowest BCUT2D eigenvalue weighted by molar-refractivity contribution is -0.139. The van der Waals surface area contributed by atoms with Gasteiger partial charge in [-0.1, -0.05) is 6.92 Å². The van der Waals surface area contributed by atoms with Crippen LogP contribution in [0.3, 0.4) is 0 Å². The maximum atomic E-state index is 10.8. The number of hydrogen-bond donors (Lipinski definition) is 3. The summed E-state index contributed by atoms with van der Waals surface area (Å²) in [5, 5.41) is 0. The first-order valence-corrected chi connectivity index (χ1v) is 3.53. The molecule has 0 spiro atoms. The van der Waals surface area contributed by atoms with Crippen LogP contribution in [0.2, 0.25) is 0 Å². The zero-order chi connectivity index (χ0) is 9.56. The second-order valence-corrected chi connectivity index (χ2v) is 2.24. The zero-order valence-corrected chi connectivity index (χ0v) is 6.87. The van der Waals surface area contributed by atoms with Crippen LogP contribution >= 0.6 is 0 Å². The maximum absolute atomic E-state index is 10.8. The quantitative estimate of drug-likeness (QED) is 0.431. The van der Waals surface area contributed by atoms with Crippen molar-refractivity contribution in [2.75, 3.05) is 6.61 Å². The van der Waals surface area contributed by atoms with E-state index in [9.17, 15) is 9.59 Å². The summed E-state index contributed by atoms with van der Waals surface area (Å²) >= 11 is 0. The van der Waals surface area contributed by atoms with Gasteiger partial charge >= 0.3 is 0 Å².